The molecular weight excluding hydrogens is 427 g/mol. The van der Waals surface area contributed by atoms with Gasteiger partial charge >= 0.3 is 0 Å². The minimum absolute atomic E-state index is 0.0836. The molecule has 4 aliphatic carbocycles. The van der Waals surface area contributed by atoms with Crippen molar-refractivity contribution in [2.24, 2.45) is 40.4 Å². The summed E-state index contributed by atoms with van der Waals surface area (Å²) in [6.07, 6.45) is 11.9. The summed E-state index contributed by atoms with van der Waals surface area (Å²) in [7, 11) is 0. The van der Waals surface area contributed by atoms with Gasteiger partial charge in [-0.1, -0.05) is 13.8 Å². The Kier molecular flexibility index (Phi) is 5.09. The first-order valence-electron chi connectivity index (χ1n) is 13.5. The molecule has 0 bridgehead atoms. The Morgan fingerprint density at radius 2 is 1.85 bits per heavy atom. The van der Waals surface area contributed by atoms with E-state index in [1.54, 1.807) is 10.7 Å². The molecule has 4 nitrogen and oxygen atoms in total. The number of carbonyl (C=O) groups is 1. The van der Waals surface area contributed by atoms with E-state index in [0.717, 1.165) is 49.3 Å². The molecule has 4 fully saturated rings. The van der Waals surface area contributed by atoms with Gasteiger partial charge in [-0.2, -0.15) is 5.10 Å². The Morgan fingerprint density at radius 3 is 2.68 bits per heavy atom. The minimum Gasteiger partial charge on any atom is -0.390 e. The first kappa shape index (κ1) is 22.7. The second-order valence-electron chi connectivity index (χ2n) is 13.0. The molecule has 0 amide bonds. The van der Waals surface area contributed by atoms with Gasteiger partial charge < -0.3 is 5.11 Å². The van der Waals surface area contributed by atoms with E-state index < -0.39 is 5.60 Å². The van der Waals surface area contributed by atoms with Crippen LogP contribution in [0.3, 0.4) is 0 Å². The third-order valence-electron chi connectivity index (χ3n) is 11.2. The first-order valence-corrected chi connectivity index (χ1v) is 13.5. The fraction of sp³-hybridized carbons (Fsp3) is 0.724. The van der Waals surface area contributed by atoms with E-state index in [1.165, 1.54) is 37.8 Å². The summed E-state index contributed by atoms with van der Waals surface area (Å²) in [5, 5.41) is 16.1. The fourth-order valence-electron chi connectivity index (χ4n) is 9.35. The van der Waals surface area contributed by atoms with Crippen molar-refractivity contribution in [3.8, 4) is 0 Å². The number of fused-ring (bicyclic) bond motifs is 6. The molecule has 0 aliphatic heterocycles. The molecule has 1 N–H and O–H groups in total. The van der Waals surface area contributed by atoms with E-state index in [0.29, 0.717) is 28.6 Å². The Balaban J connectivity index is 1.20. The highest BCUT2D eigenvalue weighted by molar-refractivity contribution is 5.83. The summed E-state index contributed by atoms with van der Waals surface area (Å²) in [6, 6.07) is 4.61. The lowest BCUT2D eigenvalue weighted by molar-refractivity contribution is -0.151. The molecule has 1 heterocycles. The molecule has 4 aliphatic rings. The average molecular weight is 467 g/mol. The van der Waals surface area contributed by atoms with Crippen molar-refractivity contribution in [3.05, 3.63) is 30.2 Å². The molecule has 0 spiro atoms. The van der Waals surface area contributed by atoms with E-state index >= 15 is 0 Å². The van der Waals surface area contributed by atoms with Crippen LogP contribution >= 0.6 is 0 Å². The van der Waals surface area contributed by atoms with E-state index in [-0.39, 0.29) is 23.7 Å². The number of halogens is 1. The van der Waals surface area contributed by atoms with Crippen LogP contribution in [0.2, 0.25) is 0 Å². The summed E-state index contributed by atoms with van der Waals surface area (Å²) < 4.78 is 15.3. The fourth-order valence-corrected chi connectivity index (χ4v) is 9.35. The lowest BCUT2D eigenvalue weighted by atomic mass is 9.44. The first-order chi connectivity index (χ1) is 16.1. The summed E-state index contributed by atoms with van der Waals surface area (Å²) in [5.41, 5.74) is 0.549. The Labute approximate surface area is 202 Å². The monoisotopic (exact) mass is 466 g/mol. The Morgan fingerprint density at radius 1 is 1.06 bits per heavy atom. The molecule has 6 rings (SSSR count). The zero-order valence-electron chi connectivity index (χ0n) is 20.9. The van der Waals surface area contributed by atoms with E-state index in [1.807, 2.05) is 13.1 Å². The second-order valence-corrected chi connectivity index (χ2v) is 13.0. The van der Waals surface area contributed by atoms with Gasteiger partial charge in [0.15, 0.2) is 5.78 Å². The third-order valence-corrected chi connectivity index (χ3v) is 11.2. The molecule has 1 aromatic carbocycles. The van der Waals surface area contributed by atoms with Crippen LogP contribution in [0.25, 0.3) is 10.9 Å². The number of hydrogen-bond acceptors (Lipinski definition) is 3. The molecule has 0 radical (unpaired) electrons. The van der Waals surface area contributed by atoms with Crippen LogP contribution in [0.15, 0.2) is 24.4 Å². The van der Waals surface area contributed by atoms with Gasteiger partial charge in [0, 0.05) is 23.6 Å². The lowest BCUT2D eigenvalue weighted by Crippen LogP contribution is -2.55. The topological polar surface area (TPSA) is 55.1 Å². The largest absolute Gasteiger partial charge is 0.390 e. The number of Topliss-reactive ketones (excluding diaryl/α,β-unsaturated/α-hetero) is 1. The predicted octanol–water partition coefficient (Wildman–Crippen LogP) is 6.15. The van der Waals surface area contributed by atoms with Crippen molar-refractivity contribution < 1.29 is 14.3 Å². The molecule has 34 heavy (non-hydrogen) atoms. The molecule has 2 aromatic rings. The number of benzene rings is 1. The smallest absolute Gasteiger partial charge is 0.157 e. The quantitative estimate of drug-likeness (QED) is 0.590. The number of nitrogens with zero attached hydrogens (tertiary/aromatic N) is 2. The summed E-state index contributed by atoms with van der Waals surface area (Å²) >= 11 is 0. The highest BCUT2D eigenvalue weighted by Gasteiger charge is 2.61. The maximum Gasteiger partial charge on any atom is 0.157 e. The van der Waals surface area contributed by atoms with Crippen LogP contribution < -0.4 is 0 Å². The van der Waals surface area contributed by atoms with Crippen molar-refractivity contribution >= 4 is 16.7 Å². The van der Waals surface area contributed by atoms with E-state index in [9.17, 15) is 14.3 Å². The van der Waals surface area contributed by atoms with Gasteiger partial charge in [-0.25, -0.2) is 4.39 Å². The Hall–Kier alpha value is -1.75. The molecular formula is C29H39FN2O2. The number of rotatable bonds is 3. The molecule has 1 aromatic heterocycles. The van der Waals surface area contributed by atoms with Crippen LogP contribution in [0.5, 0.6) is 0 Å². The minimum atomic E-state index is -0.492. The SMILES string of the molecule is C[C@@]1(O)CC[C@@]2(C)[C@H](CC[C@@H]3[C@@H]2CC[C@]2(C)[C@@H](C(=O)Cn4cc5ccc(F)cc5n4)CC[C@@H]32)C1. The molecule has 4 saturated carbocycles. The van der Waals surface area contributed by atoms with Crippen LogP contribution in [0.4, 0.5) is 4.39 Å². The Bertz CT molecular complexity index is 1120. The maximum absolute atomic E-state index is 13.6. The zero-order valence-corrected chi connectivity index (χ0v) is 20.9. The van der Waals surface area contributed by atoms with Crippen LogP contribution in [-0.4, -0.2) is 26.3 Å². The van der Waals surface area contributed by atoms with Crippen LogP contribution in [-0.2, 0) is 11.3 Å². The maximum atomic E-state index is 13.6. The van der Waals surface area contributed by atoms with Crippen molar-refractivity contribution in [3.63, 3.8) is 0 Å². The van der Waals surface area contributed by atoms with Gasteiger partial charge in [0.05, 0.1) is 17.7 Å². The molecule has 5 heteroatoms. The van der Waals surface area contributed by atoms with Crippen molar-refractivity contribution in [1.82, 2.24) is 9.78 Å². The average Bonchev–Trinajstić information content (AvgIpc) is 3.33. The van der Waals surface area contributed by atoms with Crippen LogP contribution in [0.1, 0.15) is 78.6 Å². The lowest BCUT2D eigenvalue weighted by Gasteiger charge is -2.61. The van der Waals surface area contributed by atoms with Gasteiger partial charge in [0.1, 0.15) is 5.82 Å². The van der Waals surface area contributed by atoms with Crippen LogP contribution in [0, 0.1) is 46.2 Å². The summed E-state index contributed by atoms with van der Waals surface area (Å²) in [6.45, 7) is 7.24. The molecule has 8 atom stereocenters. The van der Waals surface area contributed by atoms with Gasteiger partial charge in [0.2, 0.25) is 0 Å². The normalized spacial score (nSPS) is 43.9. The van der Waals surface area contributed by atoms with Crippen molar-refractivity contribution in [1.29, 1.82) is 0 Å². The standard InChI is InChI=1S/C29H39FN2O2/c1-27(34)12-13-28(2)19(15-27)5-7-21-22-8-9-24(29(22,3)11-10-23(21)28)26(33)17-32-16-18-4-6-20(30)14-25(18)31-32/h4,6,14,16,19,21-24,34H,5,7-13,15,17H2,1-3H3/t19-,21+,22+,23+,24-,27-,28+,29+/m1/s1. The van der Waals surface area contributed by atoms with Gasteiger partial charge in [-0.3, -0.25) is 9.48 Å². The number of carbonyl (C=O) groups excluding carboxylic acids is 1. The van der Waals surface area contributed by atoms with Gasteiger partial charge in [-0.05, 0) is 111 Å². The van der Waals surface area contributed by atoms with E-state index in [2.05, 4.69) is 18.9 Å². The molecule has 0 unspecified atom stereocenters. The van der Waals surface area contributed by atoms with Gasteiger partial charge in [0.25, 0.3) is 0 Å². The summed E-state index contributed by atoms with van der Waals surface area (Å²) in [4.78, 5) is 13.6. The van der Waals surface area contributed by atoms with Gasteiger partial charge in [-0.15, -0.1) is 0 Å². The van der Waals surface area contributed by atoms with E-state index in [4.69, 9.17) is 0 Å². The molecule has 0 saturated heterocycles. The van der Waals surface area contributed by atoms with Crippen molar-refractivity contribution in [2.45, 2.75) is 90.7 Å². The number of hydrogen-bond donors (Lipinski definition) is 1. The summed E-state index contributed by atoms with van der Waals surface area (Å²) in [5.74, 6) is 2.82. The highest BCUT2D eigenvalue weighted by atomic mass is 19.1. The zero-order chi connectivity index (χ0) is 23.9. The highest BCUT2D eigenvalue weighted by Crippen LogP contribution is 2.68. The second kappa shape index (κ2) is 7.62. The number of ketones is 1. The number of aliphatic hydroxyl groups is 1. The molecule has 184 valence electrons. The predicted molar refractivity (Wildman–Crippen MR) is 131 cm³/mol. The third kappa shape index (κ3) is 3.40. The van der Waals surface area contributed by atoms with Crippen molar-refractivity contribution in [2.75, 3.05) is 0 Å². The number of aromatic nitrogens is 2.